The number of nitrogens with zero attached hydrogens (tertiary/aromatic N) is 1. The van der Waals surface area contributed by atoms with Crippen molar-refractivity contribution in [2.75, 3.05) is 6.61 Å². The highest BCUT2D eigenvalue weighted by Gasteiger charge is 2.23. The smallest absolute Gasteiger partial charge is 0.123 e. The molecule has 0 aliphatic carbocycles. The molecule has 0 radical (unpaired) electrons. The number of benzene rings is 3. The van der Waals surface area contributed by atoms with Gasteiger partial charge in [-0.15, -0.1) is 0 Å². The number of aliphatic hydroxyl groups excluding tert-OH is 1. The summed E-state index contributed by atoms with van der Waals surface area (Å²) in [5.41, 5.74) is 6.64. The molecule has 4 heteroatoms. The zero-order valence-electron chi connectivity index (χ0n) is 21.0. The average molecular weight is 472 g/mol. The maximum atomic E-state index is 13.7. The number of rotatable bonds is 9. The number of ether oxygens (including phenoxy) is 1. The van der Waals surface area contributed by atoms with E-state index >= 15 is 0 Å². The molecule has 0 saturated heterocycles. The van der Waals surface area contributed by atoms with Gasteiger partial charge in [0.25, 0.3) is 0 Å². The van der Waals surface area contributed by atoms with E-state index in [1.807, 2.05) is 0 Å². The van der Waals surface area contributed by atoms with E-state index in [2.05, 4.69) is 70.2 Å². The topological polar surface area (TPSA) is 42.4 Å². The van der Waals surface area contributed by atoms with E-state index < -0.39 is 0 Å². The van der Waals surface area contributed by atoms with E-state index in [0.29, 0.717) is 13.2 Å². The normalized spacial score (nSPS) is 11.7. The molecule has 0 spiro atoms. The third-order valence-electron chi connectivity index (χ3n) is 6.44. The second kappa shape index (κ2) is 11.1. The summed E-state index contributed by atoms with van der Waals surface area (Å²) in [6.45, 7) is 9.23. The van der Waals surface area contributed by atoms with E-state index in [-0.39, 0.29) is 24.3 Å². The number of pyridine rings is 1. The Morgan fingerprint density at radius 2 is 1.49 bits per heavy atom. The van der Waals surface area contributed by atoms with Crippen molar-refractivity contribution in [3.63, 3.8) is 0 Å². The molecule has 0 aliphatic rings. The molecule has 4 rings (SSSR count). The fourth-order valence-corrected chi connectivity index (χ4v) is 4.69. The molecule has 0 atom stereocenters. The van der Waals surface area contributed by atoms with Crippen molar-refractivity contribution >= 4 is 10.8 Å². The molecule has 0 fully saturated rings. The van der Waals surface area contributed by atoms with E-state index in [4.69, 9.17) is 9.72 Å². The van der Waals surface area contributed by atoms with Crippen LogP contribution in [0.25, 0.3) is 21.9 Å². The van der Waals surface area contributed by atoms with Crippen LogP contribution in [0, 0.1) is 5.82 Å². The van der Waals surface area contributed by atoms with Crippen molar-refractivity contribution in [1.29, 1.82) is 0 Å². The summed E-state index contributed by atoms with van der Waals surface area (Å²) >= 11 is 0. The summed E-state index contributed by atoms with van der Waals surface area (Å²) < 4.78 is 19.9. The maximum Gasteiger partial charge on any atom is 0.123 e. The molecular weight excluding hydrogens is 437 g/mol. The molecule has 1 heterocycles. The lowest BCUT2D eigenvalue weighted by Gasteiger charge is -2.24. The average Bonchev–Trinajstić information content (AvgIpc) is 2.86. The van der Waals surface area contributed by atoms with E-state index in [1.54, 1.807) is 12.1 Å². The van der Waals surface area contributed by atoms with Crippen molar-refractivity contribution in [2.45, 2.75) is 59.2 Å². The van der Waals surface area contributed by atoms with Crippen LogP contribution in [0.15, 0.2) is 66.7 Å². The Morgan fingerprint density at radius 1 is 0.829 bits per heavy atom. The van der Waals surface area contributed by atoms with Crippen molar-refractivity contribution in [3.8, 4) is 11.1 Å². The monoisotopic (exact) mass is 471 g/mol. The summed E-state index contributed by atoms with van der Waals surface area (Å²) in [7, 11) is 0. The first-order valence-electron chi connectivity index (χ1n) is 12.4. The van der Waals surface area contributed by atoms with Crippen LogP contribution in [-0.2, 0) is 24.4 Å². The first-order chi connectivity index (χ1) is 16.9. The highest BCUT2D eigenvalue weighted by Crippen LogP contribution is 2.37. The first-order valence-corrected chi connectivity index (χ1v) is 12.4. The minimum Gasteiger partial charge on any atom is -0.392 e. The number of fused-ring (bicyclic) bond motifs is 1. The van der Waals surface area contributed by atoms with Crippen molar-refractivity contribution in [3.05, 3.63) is 101 Å². The van der Waals surface area contributed by atoms with Gasteiger partial charge in [0.2, 0.25) is 0 Å². The summed E-state index contributed by atoms with van der Waals surface area (Å²) in [6.07, 6.45) is 0.804. The molecular formula is C31H34FNO2. The number of aromatic nitrogens is 1. The van der Waals surface area contributed by atoms with Gasteiger partial charge in [0.05, 0.1) is 19.8 Å². The minimum atomic E-state index is -0.283. The molecule has 0 bridgehead atoms. The van der Waals surface area contributed by atoms with Gasteiger partial charge in [0.15, 0.2) is 0 Å². The quantitative estimate of drug-likeness (QED) is 0.256. The van der Waals surface area contributed by atoms with Gasteiger partial charge in [-0.1, -0.05) is 82.3 Å². The second-order valence-corrected chi connectivity index (χ2v) is 9.67. The highest BCUT2D eigenvalue weighted by atomic mass is 19.1. The lowest BCUT2D eigenvalue weighted by Crippen LogP contribution is -2.13. The molecule has 0 amide bonds. The Morgan fingerprint density at radius 3 is 2.14 bits per heavy atom. The molecule has 0 unspecified atom stereocenters. The maximum absolute atomic E-state index is 13.7. The van der Waals surface area contributed by atoms with Gasteiger partial charge < -0.3 is 9.84 Å². The third-order valence-corrected chi connectivity index (χ3v) is 6.44. The van der Waals surface area contributed by atoms with Gasteiger partial charge >= 0.3 is 0 Å². The number of hydrogen-bond acceptors (Lipinski definition) is 3. The Kier molecular flexibility index (Phi) is 7.94. The van der Waals surface area contributed by atoms with Gasteiger partial charge in [-0.3, -0.25) is 4.98 Å². The molecule has 182 valence electrons. The summed E-state index contributed by atoms with van der Waals surface area (Å²) in [4.78, 5) is 5.00. The molecule has 0 aliphatic heterocycles. The Hall–Kier alpha value is -3.08. The lowest BCUT2D eigenvalue weighted by molar-refractivity contribution is 0.123. The Labute approximate surface area is 207 Å². The molecule has 35 heavy (non-hydrogen) atoms. The fraction of sp³-hybridized carbons (Fsp3) is 0.323. The summed E-state index contributed by atoms with van der Waals surface area (Å²) in [6, 6.07) is 21.3. The Balaban J connectivity index is 1.65. The predicted octanol–water partition coefficient (Wildman–Crippen LogP) is 7.54. The van der Waals surface area contributed by atoms with Gasteiger partial charge in [0, 0.05) is 22.5 Å². The number of aliphatic hydroxyl groups is 1. The molecule has 0 saturated carbocycles. The van der Waals surface area contributed by atoms with Gasteiger partial charge in [-0.05, 0) is 57.9 Å². The SMILES string of the molecule is CC(C)c1nc(C(C)C)c(COCCc2ccc3ccccc3c2)c(-c2ccc(F)cc2)c1CO. The number of hydrogen-bond donors (Lipinski definition) is 1. The van der Waals surface area contributed by atoms with Crippen molar-refractivity contribution < 1.29 is 14.2 Å². The van der Waals surface area contributed by atoms with Crippen LogP contribution in [0.5, 0.6) is 0 Å². The summed E-state index contributed by atoms with van der Waals surface area (Å²) in [5.74, 6) is 0.0463. The zero-order valence-corrected chi connectivity index (χ0v) is 21.0. The molecule has 4 aromatic rings. The fourth-order valence-electron chi connectivity index (χ4n) is 4.69. The molecule has 3 nitrogen and oxygen atoms in total. The Bertz CT molecular complexity index is 1300. The molecule has 3 aromatic carbocycles. The predicted molar refractivity (Wildman–Crippen MR) is 141 cm³/mol. The van der Waals surface area contributed by atoms with E-state index in [0.717, 1.165) is 40.1 Å². The zero-order chi connectivity index (χ0) is 24.9. The lowest BCUT2D eigenvalue weighted by atomic mass is 9.87. The van der Waals surface area contributed by atoms with Crippen LogP contribution < -0.4 is 0 Å². The minimum absolute atomic E-state index is 0.129. The summed E-state index contributed by atoms with van der Waals surface area (Å²) in [5, 5.41) is 12.8. The third kappa shape index (κ3) is 5.61. The van der Waals surface area contributed by atoms with Crippen LogP contribution in [-0.4, -0.2) is 16.7 Å². The van der Waals surface area contributed by atoms with E-state index in [1.165, 1.54) is 28.5 Å². The van der Waals surface area contributed by atoms with Crippen LogP contribution >= 0.6 is 0 Å². The van der Waals surface area contributed by atoms with Crippen molar-refractivity contribution in [2.24, 2.45) is 0 Å². The van der Waals surface area contributed by atoms with Gasteiger partial charge in [0.1, 0.15) is 5.82 Å². The van der Waals surface area contributed by atoms with Crippen molar-refractivity contribution in [1.82, 2.24) is 4.98 Å². The molecule has 1 N–H and O–H groups in total. The van der Waals surface area contributed by atoms with E-state index in [9.17, 15) is 9.50 Å². The molecule has 1 aromatic heterocycles. The van der Waals surface area contributed by atoms with Crippen LogP contribution in [0.1, 0.15) is 67.6 Å². The largest absolute Gasteiger partial charge is 0.392 e. The van der Waals surface area contributed by atoms with Gasteiger partial charge in [-0.2, -0.15) is 0 Å². The first kappa shape index (κ1) is 25.0. The number of halogens is 1. The standard InChI is InChI=1S/C31H34FNO2/c1-20(2)30-27(18-34)29(24-11-13-26(32)14-12-24)28(31(33-30)21(3)4)19-35-16-15-22-9-10-23-7-5-6-8-25(23)17-22/h5-14,17,20-21,34H,15-16,18-19H2,1-4H3. The highest BCUT2D eigenvalue weighted by molar-refractivity contribution is 5.83. The second-order valence-electron chi connectivity index (χ2n) is 9.67. The van der Waals surface area contributed by atoms with Crippen LogP contribution in [0.2, 0.25) is 0 Å². The van der Waals surface area contributed by atoms with Crippen LogP contribution in [0.3, 0.4) is 0 Å². The van der Waals surface area contributed by atoms with Crippen LogP contribution in [0.4, 0.5) is 4.39 Å². The van der Waals surface area contributed by atoms with Gasteiger partial charge in [-0.25, -0.2) is 4.39 Å².